The molecule has 0 amide bonds. The third kappa shape index (κ3) is 4.28. The summed E-state index contributed by atoms with van der Waals surface area (Å²) in [6.07, 6.45) is 4.47. The number of β-amino-alcohol motifs (C(OH)–C–C–N with tert-alkyl or cyclic N) is 1. The molecular formula is C13H25NO3. The van der Waals surface area contributed by atoms with Crippen LogP contribution in [0.15, 0.2) is 0 Å². The summed E-state index contributed by atoms with van der Waals surface area (Å²) in [5.41, 5.74) is 0. The monoisotopic (exact) mass is 243 g/mol. The zero-order chi connectivity index (χ0) is 12.8. The molecule has 1 fully saturated rings. The van der Waals surface area contributed by atoms with Gasteiger partial charge in [-0.05, 0) is 18.8 Å². The lowest BCUT2D eigenvalue weighted by Gasteiger charge is -2.26. The molecule has 1 rings (SSSR count). The molecular weight excluding hydrogens is 218 g/mol. The number of carbonyl (C=O) groups is 1. The molecule has 4 nitrogen and oxygen atoms in total. The molecule has 0 aromatic carbocycles. The van der Waals surface area contributed by atoms with Gasteiger partial charge in [-0.25, -0.2) is 0 Å². The molecule has 1 aliphatic heterocycles. The minimum Gasteiger partial charge on any atom is -0.480 e. The largest absolute Gasteiger partial charge is 0.480 e. The Morgan fingerprint density at radius 1 is 1.35 bits per heavy atom. The number of carboxylic acid groups (broad SMARTS) is 1. The summed E-state index contributed by atoms with van der Waals surface area (Å²) in [6.45, 7) is 5.66. The van der Waals surface area contributed by atoms with E-state index >= 15 is 0 Å². The van der Waals surface area contributed by atoms with Crippen LogP contribution in [0.2, 0.25) is 0 Å². The summed E-state index contributed by atoms with van der Waals surface area (Å²) < 4.78 is 0. The lowest BCUT2D eigenvalue weighted by atomic mass is 9.97. The van der Waals surface area contributed by atoms with Crippen LogP contribution in [0.1, 0.15) is 46.0 Å². The number of likely N-dealkylation sites (tertiary alicyclic amines) is 1. The van der Waals surface area contributed by atoms with E-state index in [1.807, 2.05) is 4.90 Å². The van der Waals surface area contributed by atoms with E-state index in [1.54, 1.807) is 0 Å². The van der Waals surface area contributed by atoms with Crippen LogP contribution in [-0.2, 0) is 4.79 Å². The Morgan fingerprint density at radius 2 is 1.94 bits per heavy atom. The van der Waals surface area contributed by atoms with Gasteiger partial charge in [-0.15, -0.1) is 0 Å². The number of aliphatic carboxylic acids is 1. The lowest BCUT2D eigenvalue weighted by molar-refractivity contribution is -0.142. The molecule has 0 aromatic heterocycles. The number of rotatable bonds is 7. The number of hydrogen-bond acceptors (Lipinski definition) is 3. The van der Waals surface area contributed by atoms with Crippen molar-refractivity contribution in [3.8, 4) is 0 Å². The second-order valence-corrected chi connectivity index (χ2v) is 5.14. The zero-order valence-corrected chi connectivity index (χ0v) is 10.9. The van der Waals surface area contributed by atoms with Gasteiger partial charge in [-0.3, -0.25) is 9.69 Å². The molecule has 4 heteroatoms. The van der Waals surface area contributed by atoms with Crippen LogP contribution >= 0.6 is 0 Å². The summed E-state index contributed by atoms with van der Waals surface area (Å²) in [7, 11) is 0. The maximum Gasteiger partial charge on any atom is 0.321 e. The number of aliphatic hydroxyl groups is 1. The van der Waals surface area contributed by atoms with Gasteiger partial charge < -0.3 is 10.2 Å². The highest BCUT2D eigenvalue weighted by molar-refractivity contribution is 5.74. The van der Waals surface area contributed by atoms with Crippen molar-refractivity contribution in [1.29, 1.82) is 0 Å². The van der Waals surface area contributed by atoms with Crippen molar-refractivity contribution in [2.45, 2.75) is 58.1 Å². The van der Waals surface area contributed by atoms with E-state index in [0.29, 0.717) is 18.9 Å². The Bertz CT molecular complexity index is 239. The van der Waals surface area contributed by atoms with Gasteiger partial charge in [0, 0.05) is 19.5 Å². The van der Waals surface area contributed by atoms with Gasteiger partial charge in [0.2, 0.25) is 0 Å². The first kappa shape index (κ1) is 14.5. The van der Waals surface area contributed by atoms with Crippen molar-refractivity contribution in [3.63, 3.8) is 0 Å². The van der Waals surface area contributed by atoms with E-state index in [2.05, 4.69) is 13.8 Å². The molecule has 100 valence electrons. The summed E-state index contributed by atoms with van der Waals surface area (Å²) >= 11 is 0. The first-order chi connectivity index (χ1) is 8.08. The predicted octanol–water partition coefficient (Wildman–Crippen LogP) is 1.72. The van der Waals surface area contributed by atoms with Gasteiger partial charge in [-0.1, -0.05) is 26.7 Å². The molecule has 0 saturated carbocycles. The molecule has 1 saturated heterocycles. The van der Waals surface area contributed by atoms with Crippen LogP contribution in [0.4, 0.5) is 0 Å². The van der Waals surface area contributed by atoms with Crippen molar-refractivity contribution in [2.75, 3.05) is 13.1 Å². The number of hydrogen-bond donors (Lipinski definition) is 2. The summed E-state index contributed by atoms with van der Waals surface area (Å²) in [5.74, 6) is -0.231. The van der Waals surface area contributed by atoms with E-state index in [-0.39, 0.29) is 0 Å². The Labute approximate surface area is 104 Å². The maximum atomic E-state index is 11.1. The maximum absolute atomic E-state index is 11.1. The van der Waals surface area contributed by atoms with E-state index in [1.165, 1.54) is 0 Å². The molecule has 0 spiro atoms. The van der Waals surface area contributed by atoms with Crippen LogP contribution in [-0.4, -0.2) is 46.3 Å². The summed E-state index contributed by atoms with van der Waals surface area (Å²) in [4.78, 5) is 13.0. The zero-order valence-electron chi connectivity index (χ0n) is 10.9. The first-order valence-corrected chi connectivity index (χ1v) is 6.73. The van der Waals surface area contributed by atoms with Gasteiger partial charge in [-0.2, -0.15) is 0 Å². The second-order valence-electron chi connectivity index (χ2n) is 5.14. The molecule has 0 bridgehead atoms. The topological polar surface area (TPSA) is 60.8 Å². The van der Waals surface area contributed by atoms with Crippen LogP contribution in [0.5, 0.6) is 0 Å². The molecule has 2 N–H and O–H groups in total. The van der Waals surface area contributed by atoms with Gasteiger partial charge in [0.15, 0.2) is 0 Å². The van der Waals surface area contributed by atoms with E-state index in [0.717, 1.165) is 32.2 Å². The molecule has 0 aliphatic carbocycles. The van der Waals surface area contributed by atoms with Gasteiger partial charge in [0.25, 0.3) is 0 Å². The highest BCUT2D eigenvalue weighted by atomic mass is 16.4. The quantitative estimate of drug-likeness (QED) is 0.715. The molecule has 17 heavy (non-hydrogen) atoms. The van der Waals surface area contributed by atoms with Crippen molar-refractivity contribution < 1.29 is 15.0 Å². The molecule has 0 aromatic rings. The average Bonchev–Trinajstić information content (AvgIpc) is 2.60. The Kier molecular flexibility index (Phi) is 5.92. The van der Waals surface area contributed by atoms with Crippen molar-refractivity contribution in [2.24, 2.45) is 5.92 Å². The number of carboxylic acids is 1. The average molecular weight is 243 g/mol. The normalized spacial score (nSPS) is 25.6. The van der Waals surface area contributed by atoms with Crippen LogP contribution < -0.4 is 0 Å². The molecule has 1 aliphatic rings. The Balaban J connectivity index is 2.54. The smallest absolute Gasteiger partial charge is 0.321 e. The molecule has 0 radical (unpaired) electrons. The minimum atomic E-state index is -0.798. The van der Waals surface area contributed by atoms with Crippen molar-refractivity contribution in [3.05, 3.63) is 0 Å². The standard InChI is InChI=1S/C13H25NO3/c1-3-5-10(6-4-2)8-14-9-11(15)7-12(14)13(16)17/h10-12,15H,3-9H2,1-2H3,(H,16,17)/t11-,12+/m1/s1. The fourth-order valence-electron chi connectivity index (χ4n) is 2.81. The third-order valence-corrected chi connectivity index (χ3v) is 3.55. The van der Waals surface area contributed by atoms with E-state index in [4.69, 9.17) is 5.11 Å². The highest BCUT2D eigenvalue weighted by Gasteiger charge is 2.36. The van der Waals surface area contributed by atoms with E-state index in [9.17, 15) is 9.90 Å². The van der Waals surface area contributed by atoms with Crippen molar-refractivity contribution in [1.82, 2.24) is 4.90 Å². The van der Waals surface area contributed by atoms with Crippen LogP contribution in [0.3, 0.4) is 0 Å². The fraction of sp³-hybridized carbons (Fsp3) is 0.923. The van der Waals surface area contributed by atoms with Gasteiger partial charge >= 0.3 is 5.97 Å². The first-order valence-electron chi connectivity index (χ1n) is 6.73. The summed E-state index contributed by atoms with van der Waals surface area (Å²) in [6, 6.07) is -0.485. The van der Waals surface area contributed by atoms with Crippen LogP contribution in [0.25, 0.3) is 0 Å². The van der Waals surface area contributed by atoms with E-state index < -0.39 is 18.1 Å². The fourth-order valence-corrected chi connectivity index (χ4v) is 2.81. The van der Waals surface area contributed by atoms with Crippen LogP contribution in [0, 0.1) is 5.92 Å². The molecule has 0 unspecified atom stereocenters. The highest BCUT2D eigenvalue weighted by Crippen LogP contribution is 2.23. The number of nitrogens with zero attached hydrogens (tertiary/aromatic N) is 1. The predicted molar refractivity (Wildman–Crippen MR) is 66.9 cm³/mol. The van der Waals surface area contributed by atoms with Gasteiger partial charge in [0.1, 0.15) is 6.04 Å². The molecule has 2 atom stereocenters. The van der Waals surface area contributed by atoms with Gasteiger partial charge in [0.05, 0.1) is 6.10 Å². The third-order valence-electron chi connectivity index (χ3n) is 3.55. The number of aliphatic hydroxyl groups excluding tert-OH is 1. The SMILES string of the molecule is CCCC(CCC)CN1C[C@H](O)C[C@H]1C(=O)O. The van der Waals surface area contributed by atoms with Crippen molar-refractivity contribution >= 4 is 5.97 Å². The lowest BCUT2D eigenvalue weighted by Crippen LogP contribution is -2.39. The summed E-state index contributed by atoms with van der Waals surface area (Å²) in [5, 5.41) is 18.7. The second kappa shape index (κ2) is 6.97. The molecule has 1 heterocycles. The Morgan fingerprint density at radius 3 is 2.41 bits per heavy atom. The minimum absolute atomic E-state index is 0.375. The Hall–Kier alpha value is -0.610.